The van der Waals surface area contributed by atoms with Gasteiger partial charge in [0.1, 0.15) is 12.3 Å². The monoisotopic (exact) mass is 367 g/mol. The molecule has 6 heteroatoms. The van der Waals surface area contributed by atoms with E-state index in [9.17, 15) is 19.5 Å². The minimum Gasteiger partial charge on any atom is -0.507 e. The summed E-state index contributed by atoms with van der Waals surface area (Å²) < 4.78 is 4.45. The number of hydrogen-bond donors (Lipinski definition) is 2. The van der Waals surface area contributed by atoms with Crippen LogP contribution >= 0.6 is 0 Å². The average molecular weight is 367 g/mol. The third-order valence-electron chi connectivity index (χ3n) is 3.99. The van der Waals surface area contributed by atoms with E-state index in [0.717, 1.165) is 16.7 Å². The predicted molar refractivity (Wildman–Crippen MR) is 102 cm³/mol. The van der Waals surface area contributed by atoms with Crippen LogP contribution in [0.25, 0.3) is 6.08 Å². The number of phenolic OH excluding ortho intramolecular Hbond substituents is 1. The molecule has 27 heavy (non-hydrogen) atoms. The van der Waals surface area contributed by atoms with Crippen molar-refractivity contribution < 1.29 is 24.2 Å². The Bertz CT molecular complexity index is 874. The lowest BCUT2D eigenvalue weighted by molar-refractivity contribution is -0.139. The van der Waals surface area contributed by atoms with E-state index in [1.165, 1.54) is 25.3 Å². The number of esters is 1. The number of benzene rings is 2. The van der Waals surface area contributed by atoms with E-state index >= 15 is 0 Å². The van der Waals surface area contributed by atoms with Crippen molar-refractivity contribution in [2.45, 2.75) is 13.8 Å². The summed E-state index contributed by atoms with van der Waals surface area (Å²) in [4.78, 5) is 35.2. The van der Waals surface area contributed by atoms with Gasteiger partial charge in [0.15, 0.2) is 5.78 Å². The minimum atomic E-state index is -0.542. The van der Waals surface area contributed by atoms with Crippen molar-refractivity contribution in [1.82, 2.24) is 5.32 Å². The van der Waals surface area contributed by atoms with Crippen LogP contribution < -0.4 is 5.32 Å². The summed E-state index contributed by atoms with van der Waals surface area (Å²) in [6.45, 7) is 3.38. The van der Waals surface area contributed by atoms with Crippen molar-refractivity contribution in [3.8, 4) is 5.75 Å². The summed E-state index contributed by atoms with van der Waals surface area (Å²) in [5.41, 5.74) is 3.07. The number of aromatic hydroxyl groups is 1. The molecule has 0 atom stereocenters. The quantitative estimate of drug-likeness (QED) is 0.465. The molecule has 0 saturated carbocycles. The topological polar surface area (TPSA) is 92.7 Å². The SMILES string of the molecule is COC(=O)CNC(=O)c1ccc(C(=O)/C=C/c2cc(C)c(O)c(C)c2)cc1. The highest BCUT2D eigenvalue weighted by molar-refractivity contribution is 6.07. The van der Waals surface area contributed by atoms with Gasteiger partial charge in [-0.15, -0.1) is 0 Å². The van der Waals surface area contributed by atoms with Crippen molar-refractivity contribution in [2.24, 2.45) is 0 Å². The van der Waals surface area contributed by atoms with Gasteiger partial charge in [-0.25, -0.2) is 0 Å². The molecule has 2 aromatic rings. The summed E-state index contributed by atoms with van der Waals surface area (Å²) in [7, 11) is 1.24. The fourth-order valence-corrected chi connectivity index (χ4v) is 2.47. The number of allylic oxidation sites excluding steroid dienone is 1. The lowest BCUT2D eigenvalue weighted by atomic mass is 10.0. The van der Waals surface area contributed by atoms with Crippen LogP contribution in [0.2, 0.25) is 0 Å². The zero-order valence-corrected chi connectivity index (χ0v) is 15.4. The van der Waals surface area contributed by atoms with Crippen LogP contribution in [-0.4, -0.2) is 36.4 Å². The first-order chi connectivity index (χ1) is 12.8. The summed E-state index contributed by atoms with van der Waals surface area (Å²) >= 11 is 0. The van der Waals surface area contributed by atoms with Gasteiger partial charge >= 0.3 is 5.97 Å². The third kappa shape index (κ3) is 5.28. The lowest BCUT2D eigenvalue weighted by Crippen LogP contribution is -2.30. The Morgan fingerprint density at radius 2 is 1.59 bits per heavy atom. The molecule has 0 aromatic heterocycles. The van der Waals surface area contributed by atoms with Crippen LogP contribution in [0.4, 0.5) is 0 Å². The predicted octanol–water partition coefficient (Wildman–Crippen LogP) is 2.81. The second-order valence-corrected chi connectivity index (χ2v) is 6.04. The van der Waals surface area contributed by atoms with E-state index in [1.54, 1.807) is 44.2 Å². The Balaban J connectivity index is 2.05. The minimum absolute atomic E-state index is 0.208. The Labute approximate surface area is 157 Å². The highest BCUT2D eigenvalue weighted by Gasteiger charge is 2.09. The van der Waals surface area contributed by atoms with Gasteiger partial charge in [-0.05, 0) is 60.9 Å². The van der Waals surface area contributed by atoms with Crippen molar-refractivity contribution >= 4 is 23.7 Å². The van der Waals surface area contributed by atoms with Crippen LogP contribution in [0, 0.1) is 13.8 Å². The van der Waals surface area contributed by atoms with Crippen molar-refractivity contribution in [1.29, 1.82) is 0 Å². The molecule has 2 aromatic carbocycles. The highest BCUT2D eigenvalue weighted by atomic mass is 16.5. The second kappa shape index (κ2) is 8.80. The van der Waals surface area contributed by atoms with Gasteiger partial charge in [0.05, 0.1) is 7.11 Å². The van der Waals surface area contributed by atoms with E-state index in [4.69, 9.17) is 0 Å². The fourth-order valence-electron chi connectivity index (χ4n) is 2.47. The standard InChI is InChI=1S/C21H21NO5/c1-13-10-15(11-14(2)20(13)25)4-9-18(23)16-5-7-17(8-6-16)21(26)22-12-19(24)27-3/h4-11,25H,12H2,1-3H3,(H,22,26)/b9-4+. The van der Waals surface area contributed by atoms with Crippen LogP contribution in [0.1, 0.15) is 37.4 Å². The Morgan fingerprint density at radius 1 is 1.04 bits per heavy atom. The molecule has 0 heterocycles. The molecule has 0 spiro atoms. The number of hydrogen-bond acceptors (Lipinski definition) is 5. The number of nitrogens with one attached hydrogen (secondary N) is 1. The number of carbonyl (C=O) groups is 3. The molecule has 0 aliphatic heterocycles. The maximum Gasteiger partial charge on any atom is 0.325 e. The molecule has 6 nitrogen and oxygen atoms in total. The number of methoxy groups -OCH3 is 1. The largest absolute Gasteiger partial charge is 0.507 e. The molecule has 140 valence electrons. The zero-order chi connectivity index (χ0) is 20.0. The maximum absolute atomic E-state index is 12.3. The Kier molecular flexibility index (Phi) is 6.49. The van der Waals surface area contributed by atoms with Crippen LogP contribution in [0.3, 0.4) is 0 Å². The smallest absolute Gasteiger partial charge is 0.325 e. The van der Waals surface area contributed by atoms with E-state index in [2.05, 4.69) is 10.1 Å². The molecule has 0 saturated heterocycles. The van der Waals surface area contributed by atoms with Gasteiger partial charge in [-0.1, -0.05) is 18.2 Å². The zero-order valence-electron chi connectivity index (χ0n) is 15.4. The van der Waals surface area contributed by atoms with E-state index in [-0.39, 0.29) is 18.1 Å². The number of ether oxygens (including phenoxy) is 1. The number of aryl methyl sites for hydroxylation is 2. The van der Waals surface area contributed by atoms with Gasteiger partial charge in [-0.3, -0.25) is 14.4 Å². The number of rotatable bonds is 6. The average Bonchev–Trinajstić information content (AvgIpc) is 2.67. The van der Waals surface area contributed by atoms with Crippen LogP contribution in [-0.2, 0) is 9.53 Å². The van der Waals surface area contributed by atoms with Gasteiger partial charge in [0.2, 0.25) is 0 Å². The normalized spacial score (nSPS) is 10.6. The first kappa shape index (κ1) is 19.9. The van der Waals surface area contributed by atoms with Gasteiger partial charge in [-0.2, -0.15) is 0 Å². The Hall–Kier alpha value is -3.41. The van der Waals surface area contributed by atoms with E-state index in [0.29, 0.717) is 11.1 Å². The summed E-state index contributed by atoms with van der Waals surface area (Å²) in [5.74, 6) is -0.926. The van der Waals surface area contributed by atoms with Gasteiger partial charge in [0, 0.05) is 11.1 Å². The summed E-state index contributed by atoms with van der Waals surface area (Å²) in [5, 5.41) is 12.2. The molecule has 0 unspecified atom stereocenters. The molecule has 0 radical (unpaired) electrons. The van der Waals surface area contributed by atoms with E-state index < -0.39 is 11.9 Å². The molecule has 0 aliphatic carbocycles. The summed E-state index contributed by atoms with van der Waals surface area (Å²) in [6, 6.07) is 9.72. The molecule has 1 amide bonds. The number of amides is 1. The molecule has 0 aliphatic rings. The number of carbonyl (C=O) groups excluding carboxylic acids is 3. The molecule has 2 rings (SSSR count). The van der Waals surface area contributed by atoms with Crippen molar-refractivity contribution in [2.75, 3.05) is 13.7 Å². The second-order valence-electron chi connectivity index (χ2n) is 6.04. The van der Waals surface area contributed by atoms with Crippen LogP contribution in [0.5, 0.6) is 5.75 Å². The van der Waals surface area contributed by atoms with Crippen molar-refractivity contribution in [3.63, 3.8) is 0 Å². The molecule has 0 bridgehead atoms. The maximum atomic E-state index is 12.3. The molecular weight excluding hydrogens is 346 g/mol. The van der Waals surface area contributed by atoms with E-state index in [1.807, 2.05) is 0 Å². The molecular formula is C21H21NO5. The summed E-state index contributed by atoms with van der Waals surface area (Å²) in [6.07, 6.45) is 3.12. The first-order valence-electron chi connectivity index (χ1n) is 8.29. The van der Waals surface area contributed by atoms with Crippen LogP contribution in [0.15, 0.2) is 42.5 Å². The third-order valence-corrected chi connectivity index (χ3v) is 3.99. The van der Waals surface area contributed by atoms with Crippen molar-refractivity contribution in [3.05, 3.63) is 70.3 Å². The molecule has 2 N–H and O–H groups in total. The first-order valence-corrected chi connectivity index (χ1v) is 8.29. The lowest BCUT2D eigenvalue weighted by Gasteiger charge is -2.05. The highest BCUT2D eigenvalue weighted by Crippen LogP contribution is 2.23. The van der Waals surface area contributed by atoms with Gasteiger partial charge in [0.25, 0.3) is 5.91 Å². The fraction of sp³-hybridized carbons (Fsp3) is 0.190. The number of phenols is 1. The van der Waals surface area contributed by atoms with Gasteiger partial charge < -0.3 is 15.2 Å². The number of ketones is 1. The molecule has 0 fully saturated rings. The Morgan fingerprint density at radius 3 is 2.15 bits per heavy atom.